The molecule has 0 radical (unpaired) electrons. The molecule has 0 aromatic heterocycles. The minimum absolute atomic E-state index is 0.0250. The second-order valence-corrected chi connectivity index (χ2v) is 7.91. The molecule has 4 rings (SSSR count). The van der Waals surface area contributed by atoms with Crippen LogP contribution in [-0.2, 0) is 0 Å². The third-order valence-corrected chi connectivity index (χ3v) is 6.01. The molecular formula is C23H29FN4O2. The Morgan fingerprint density at radius 2 is 1.87 bits per heavy atom. The third kappa shape index (κ3) is 4.61. The lowest BCUT2D eigenvalue weighted by molar-refractivity contribution is 0.192. The highest BCUT2D eigenvalue weighted by molar-refractivity contribution is 5.74. The highest BCUT2D eigenvalue weighted by Gasteiger charge is 2.26. The number of piperazine rings is 1. The Hall–Kier alpha value is -2.96. The van der Waals surface area contributed by atoms with E-state index in [1.54, 1.807) is 19.2 Å². The minimum atomic E-state index is -0.211. The number of rotatable bonds is 5. The predicted molar refractivity (Wildman–Crippen MR) is 117 cm³/mol. The van der Waals surface area contributed by atoms with E-state index in [1.807, 2.05) is 28.0 Å². The fourth-order valence-corrected chi connectivity index (χ4v) is 4.24. The maximum Gasteiger partial charge on any atom is 0.317 e. The first-order valence-electron chi connectivity index (χ1n) is 10.6. The summed E-state index contributed by atoms with van der Waals surface area (Å²) in [5.74, 6) is 1.08. The van der Waals surface area contributed by atoms with Crippen LogP contribution < -0.4 is 19.9 Å². The molecule has 2 heterocycles. The molecule has 2 saturated heterocycles. The molecule has 0 spiro atoms. The summed E-state index contributed by atoms with van der Waals surface area (Å²) in [6.45, 7) is 5.06. The molecule has 2 aliphatic rings. The van der Waals surface area contributed by atoms with Crippen molar-refractivity contribution in [1.29, 1.82) is 0 Å². The van der Waals surface area contributed by atoms with Crippen LogP contribution in [0, 0.1) is 11.7 Å². The molecule has 2 amide bonds. The average molecular weight is 413 g/mol. The van der Waals surface area contributed by atoms with Crippen molar-refractivity contribution in [1.82, 2.24) is 10.2 Å². The lowest BCUT2D eigenvalue weighted by atomic mass is 10.1. The zero-order valence-electron chi connectivity index (χ0n) is 17.4. The maximum absolute atomic E-state index is 14.0. The van der Waals surface area contributed by atoms with Gasteiger partial charge in [0.1, 0.15) is 11.6 Å². The number of para-hydroxylation sites is 1. The summed E-state index contributed by atoms with van der Waals surface area (Å²) < 4.78 is 19.3. The number of methoxy groups -OCH3 is 1. The fourth-order valence-electron chi connectivity index (χ4n) is 4.24. The molecule has 2 fully saturated rings. The van der Waals surface area contributed by atoms with Gasteiger partial charge >= 0.3 is 6.03 Å². The fraction of sp³-hybridized carbons (Fsp3) is 0.435. The first-order chi connectivity index (χ1) is 14.6. The van der Waals surface area contributed by atoms with Crippen molar-refractivity contribution in [3.63, 3.8) is 0 Å². The zero-order chi connectivity index (χ0) is 20.9. The van der Waals surface area contributed by atoms with Gasteiger partial charge in [-0.25, -0.2) is 9.18 Å². The van der Waals surface area contributed by atoms with E-state index in [1.165, 1.54) is 6.07 Å². The molecule has 0 aliphatic carbocycles. The third-order valence-electron chi connectivity index (χ3n) is 6.01. The molecule has 1 unspecified atom stereocenters. The van der Waals surface area contributed by atoms with Crippen LogP contribution in [0.15, 0.2) is 48.5 Å². The lowest BCUT2D eigenvalue weighted by Gasteiger charge is -2.36. The second kappa shape index (κ2) is 9.24. The lowest BCUT2D eigenvalue weighted by Crippen LogP contribution is -2.52. The Bertz CT molecular complexity index is 870. The van der Waals surface area contributed by atoms with Crippen LogP contribution in [0.5, 0.6) is 5.75 Å². The van der Waals surface area contributed by atoms with Crippen molar-refractivity contribution in [2.75, 3.05) is 62.7 Å². The number of ether oxygens (including phenoxy) is 1. The molecule has 30 heavy (non-hydrogen) atoms. The summed E-state index contributed by atoms with van der Waals surface area (Å²) >= 11 is 0. The van der Waals surface area contributed by atoms with Gasteiger partial charge in [0.05, 0.1) is 12.8 Å². The first kappa shape index (κ1) is 20.3. The van der Waals surface area contributed by atoms with Gasteiger partial charge in [0.15, 0.2) is 0 Å². The smallest absolute Gasteiger partial charge is 0.317 e. The summed E-state index contributed by atoms with van der Waals surface area (Å²) in [5, 5.41) is 3.10. The number of amides is 2. The molecule has 0 bridgehead atoms. The van der Waals surface area contributed by atoms with Gasteiger partial charge in [-0.2, -0.15) is 0 Å². The van der Waals surface area contributed by atoms with Crippen molar-refractivity contribution in [2.24, 2.45) is 5.92 Å². The zero-order valence-corrected chi connectivity index (χ0v) is 17.4. The van der Waals surface area contributed by atoms with Crippen LogP contribution in [0.25, 0.3) is 0 Å². The predicted octanol–water partition coefficient (Wildman–Crippen LogP) is 3.19. The molecule has 1 N–H and O–H groups in total. The standard InChI is InChI=1S/C23H29FN4O2/c1-30-20-6-4-5-19(15-20)28-10-9-18(17-28)16-25-23(29)27-13-11-26(12-14-27)22-8-3-2-7-21(22)24/h2-8,15,18H,9-14,16-17H2,1H3,(H,25,29). The Kier molecular flexibility index (Phi) is 6.26. The number of urea groups is 1. The van der Waals surface area contributed by atoms with Crippen LogP contribution in [0.4, 0.5) is 20.6 Å². The van der Waals surface area contributed by atoms with E-state index in [0.717, 1.165) is 30.9 Å². The SMILES string of the molecule is COc1cccc(N2CCC(CNC(=O)N3CCN(c4ccccc4F)CC3)C2)c1. The normalized spacial score (nSPS) is 19.1. The van der Waals surface area contributed by atoms with Gasteiger partial charge in [0.2, 0.25) is 0 Å². The number of hydrogen-bond acceptors (Lipinski definition) is 4. The van der Waals surface area contributed by atoms with Gasteiger partial charge in [-0.3, -0.25) is 0 Å². The van der Waals surface area contributed by atoms with Crippen molar-refractivity contribution in [3.05, 3.63) is 54.3 Å². The van der Waals surface area contributed by atoms with Crippen LogP contribution in [0.2, 0.25) is 0 Å². The Labute approximate surface area is 177 Å². The van der Waals surface area contributed by atoms with E-state index in [2.05, 4.69) is 22.3 Å². The number of nitrogens with zero attached hydrogens (tertiary/aromatic N) is 3. The average Bonchev–Trinajstić information content (AvgIpc) is 3.27. The van der Waals surface area contributed by atoms with Gasteiger partial charge in [0.25, 0.3) is 0 Å². The van der Waals surface area contributed by atoms with E-state index in [0.29, 0.717) is 44.3 Å². The van der Waals surface area contributed by atoms with E-state index in [4.69, 9.17) is 4.74 Å². The molecule has 2 aliphatic heterocycles. The van der Waals surface area contributed by atoms with Crippen molar-refractivity contribution >= 4 is 17.4 Å². The molecule has 160 valence electrons. The molecule has 2 aromatic carbocycles. The molecule has 0 saturated carbocycles. The summed E-state index contributed by atoms with van der Waals surface area (Å²) in [4.78, 5) is 18.8. The van der Waals surface area contributed by atoms with E-state index >= 15 is 0 Å². The minimum Gasteiger partial charge on any atom is -0.497 e. The second-order valence-electron chi connectivity index (χ2n) is 7.91. The first-order valence-corrected chi connectivity index (χ1v) is 10.6. The van der Waals surface area contributed by atoms with Crippen molar-refractivity contribution in [2.45, 2.75) is 6.42 Å². The quantitative estimate of drug-likeness (QED) is 0.820. The van der Waals surface area contributed by atoms with E-state index in [-0.39, 0.29) is 11.8 Å². The van der Waals surface area contributed by atoms with Crippen molar-refractivity contribution < 1.29 is 13.9 Å². The van der Waals surface area contributed by atoms with Gasteiger partial charge in [-0.15, -0.1) is 0 Å². The Morgan fingerprint density at radius 1 is 1.07 bits per heavy atom. The topological polar surface area (TPSA) is 48.1 Å². The van der Waals surface area contributed by atoms with Gasteiger partial charge in [-0.1, -0.05) is 18.2 Å². The number of halogens is 1. The molecule has 2 aromatic rings. The molecule has 6 nitrogen and oxygen atoms in total. The van der Waals surface area contributed by atoms with Crippen LogP contribution >= 0.6 is 0 Å². The number of nitrogens with one attached hydrogen (secondary N) is 1. The maximum atomic E-state index is 14.0. The summed E-state index contributed by atoms with van der Waals surface area (Å²) in [6.07, 6.45) is 1.05. The number of hydrogen-bond donors (Lipinski definition) is 1. The van der Waals surface area contributed by atoms with Gasteiger partial charge < -0.3 is 24.8 Å². The highest BCUT2D eigenvalue weighted by Crippen LogP contribution is 2.26. The number of carbonyl (C=O) groups excluding carboxylic acids is 1. The highest BCUT2D eigenvalue weighted by atomic mass is 19.1. The van der Waals surface area contributed by atoms with Gasteiger partial charge in [-0.05, 0) is 36.6 Å². The number of benzene rings is 2. The summed E-state index contributed by atoms with van der Waals surface area (Å²) in [6, 6.07) is 14.9. The molecular weight excluding hydrogens is 383 g/mol. The Balaban J connectivity index is 1.22. The Morgan fingerprint density at radius 3 is 2.63 bits per heavy atom. The largest absolute Gasteiger partial charge is 0.497 e. The van der Waals surface area contributed by atoms with E-state index in [9.17, 15) is 9.18 Å². The van der Waals surface area contributed by atoms with Crippen LogP contribution in [-0.4, -0.2) is 63.9 Å². The van der Waals surface area contributed by atoms with Crippen LogP contribution in [0.1, 0.15) is 6.42 Å². The van der Waals surface area contributed by atoms with Crippen molar-refractivity contribution in [3.8, 4) is 5.75 Å². The number of anilines is 2. The summed E-state index contributed by atoms with van der Waals surface area (Å²) in [7, 11) is 1.68. The molecule has 7 heteroatoms. The van der Waals surface area contributed by atoms with E-state index < -0.39 is 0 Å². The summed E-state index contributed by atoms with van der Waals surface area (Å²) in [5.41, 5.74) is 1.77. The monoisotopic (exact) mass is 412 g/mol. The molecule has 1 atom stereocenters. The van der Waals surface area contributed by atoms with Gasteiger partial charge in [0, 0.05) is 57.6 Å². The number of carbonyl (C=O) groups is 1. The van der Waals surface area contributed by atoms with Crippen LogP contribution in [0.3, 0.4) is 0 Å².